The minimum absolute atomic E-state index is 0.00611. The summed E-state index contributed by atoms with van der Waals surface area (Å²) in [6.07, 6.45) is 0.431. The van der Waals surface area contributed by atoms with Gasteiger partial charge in [0, 0.05) is 11.5 Å². The van der Waals surface area contributed by atoms with Crippen molar-refractivity contribution in [2.24, 2.45) is 11.3 Å². The first-order valence-electron chi connectivity index (χ1n) is 5.29. The lowest BCUT2D eigenvalue weighted by Gasteiger charge is -2.18. The monoisotopic (exact) mass is 216 g/mol. The van der Waals surface area contributed by atoms with Crippen LogP contribution in [0, 0.1) is 11.3 Å². The molecule has 1 N–H and O–H groups in total. The van der Waals surface area contributed by atoms with Crippen molar-refractivity contribution in [2.75, 3.05) is 0 Å². The van der Waals surface area contributed by atoms with Gasteiger partial charge in [-0.05, 0) is 13.3 Å². The van der Waals surface area contributed by atoms with Crippen molar-refractivity contribution in [1.82, 2.24) is 0 Å². The van der Waals surface area contributed by atoms with Gasteiger partial charge in [-0.1, -0.05) is 27.7 Å². The van der Waals surface area contributed by atoms with Crippen LogP contribution in [-0.4, -0.2) is 17.1 Å². The Kier molecular flexibility index (Phi) is 4.98. The summed E-state index contributed by atoms with van der Waals surface area (Å²) in [6, 6.07) is 0. The third-order valence-electron chi connectivity index (χ3n) is 2.41. The summed E-state index contributed by atoms with van der Waals surface area (Å²) in [5.74, 6) is -0.971. The lowest BCUT2D eigenvalue weighted by molar-refractivity contribution is -0.120. The topological polar surface area (TPSA) is 37.3 Å². The number of hydrogen-bond acceptors (Lipinski definition) is 2. The SMILES string of the molecule is CCC(C(=O)/C=C(\O)C(C)(C)C)C(C)F. The Morgan fingerprint density at radius 2 is 1.93 bits per heavy atom. The van der Waals surface area contributed by atoms with E-state index in [4.69, 9.17) is 0 Å². The molecule has 0 saturated carbocycles. The third kappa shape index (κ3) is 4.45. The number of rotatable bonds is 4. The van der Waals surface area contributed by atoms with Crippen molar-refractivity contribution in [3.8, 4) is 0 Å². The summed E-state index contributed by atoms with van der Waals surface area (Å²) in [7, 11) is 0. The number of aliphatic hydroxyl groups excluding tert-OH is 1. The van der Waals surface area contributed by atoms with Crippen LogP contribution in [0.25, 0.3) is 0 Å². The Morgan fingerprint density at radius 3 is 2.20 bits per heavy atom. The molecule has 2 nitrogen and oxygen atoms in total. The molecule has 0 aliphatic rings. The number of carbonyl (C=O) groups is 1. The Labute approximate surface area is 91.2 Å². The van der Waals surface area contributed by atoms with E-state index in [1.807, 2.05) is 0 Å². The molecule has 2 unspecified atom stereocenters. The van der Waals surface area contributed by atoms with Gasteiger partial charge >= 0.3 is 0 Å². The standard InChI is InChI=1S/C12H21FO2/c1-6-9(8(2)13)10(14)7-11(15)12(3,4)5/h7-9,15H,6H2,1-5H3/b11-7-. The quantitative estimate of drug-likeness (QED) is 0.577. The maximum atomic E-state index is 13.0. The molecule has 0 spiro atoms. The molecule has 0 aromatic heterocycles. The van der Waals surface area contributed by atoms with Gasteiger partial charge in [0.1, 0.15) is 11.9 Å². The Bertz CT molecular complexity index is 249. The highest BCUT2D eigenvalue weighted by Crippen LogP contribution is 2.24. The van der Waals surface area contributed by atoms with E-state index in [9.17, 15) is 14.3 Å². The highest BCUT2D eigenvalue weighted by Gasteiger charge is 2.24. The van der Waals surface area contributed by atoms with Crippen LogP contribution >= 0.6 is 0 Å². The fourth-order valence-electron chi connectivity index (χ4n) is 1.21. The molecule has 0 aliphatic heterocycles. The number of alkyl halides is 1. The van der Waals surface area contributed by atoms with E-state index in [0.29, 0.717) is 6.42 Å². The fraction of sp³-hybridized carbons (Fsp3) is 0.750. The second-order valence-corrected chi connectivity index (χ2v) is 4.87. The van der Waals surface area contributed by atoms with Gasteiger partial charge in [0.15, 0.2) is 5.78 Å². The summed E-state index contributed by atoms with van der Waals surface area (Å²) in [4.78, 5) is 11.6. The maximum Gasteiger partial charge on any atom is 0.164 e. The maximum absolute atomic E-state index is 13.0. The van der Waals surface area contributed by atoms with Crippen LogP contribution in [0.4, 0.5) is 4.39 Å². The summed E-state index contributed by atoms with van der Waals surface area (Å²) in [6.45, 7) is 8.53. The third-order valence-corrected chi connectivity index (χ3v) is 2.41. The van der Waals surface area contributed by atoms with E-state index in [2.05, 4.69) is 0 Å². The van der Waals surface area contributed by atoms with Gasteiger partial charge in [-0.2, -0.15) is 0 Å². The van der Waals surface area contributed by atoms with Gasteiger partial charge < -0.3 is 5.11 Å². The van der Waals surface area contributed by atoms with Crippen molar-refractivity contribution in [3.05, 3.63) is 11.8 Å². The Hall–Kier alpha value is -0.860. The molecule has 0 fully saturated rings. The minimum atomic E-state index is -1.17. The van der Waals surface area contributed by atoms with Gasteiger partial charge in [-0.15, -0.1) is 0 Å². The molecular formula is C12H21FO2. The second-order valence-electron chi connectivity index (χ2n) is 4.87. The number of ketones is 1. The summed E-state index contributed by atoms with van der Waals surface area (Å²) >= 11 is 0. The molecule has 0 heterocycles. The molecule has 0 amide bonds. The van der Waals surface area contributed by atoms with Gasteiger partial charge in [-0.3, -0.25) is 4.79 Å². The summed E-state index contributed by atoms with van der Waals surface area (Å²) in [5, 5.41) is 9.60. The molecular weight excluding hydrogens is 195 g/mol. The Morgan fingerprint density at radius 1 is 1.47 bits per heavy atom. The van der Waals surface area contributed by atoms with Crippen molar-refractivity contribution < 1.29 is 14.3 Å². The predicted molar refractivity (Wildman–Crippen MR) is 59.5 cm³/mol. The van der Waals surface area contributed by atoms with Crippen LogP contribution in [0.1, 0.15) is 41.0 Å². The summed E-state index contributed by atoms with van der Waals surface area (Å²) in [5.41, 5.74) is -0.465. The van der Waals surface area contributed by atoms with E-state index >= 15 is 0 Å². The number of hydrogen-bond donors (Lipinski definition) is 1. The van der Waals surface area contributed by atoms with Crippen LogP contribution < -0.4 is 0 Å². The fourth-order valence-corrected chi connectivity index (χ4v) is 1.21. The first kappa shape index (κ1) is 14.1. The van der Waals surface area contributed by atoms with Gasteiger partial charge in [0.2, 0.25) is 0 Å². The van der Waals surface area contributed by atoms with Crippen LogP contribution in [0.3, 0.4) is 0 Å². The first-order valence-corrected chi connectivity index (χ1v) is 5.29. The van der Waals surface area contributed by atoms with E-state index in [-0.39, 0.29) is 11.5 Å². The van der Waals surface area contributed by atoms with Gasteiger partial charge in [-0.25, -0.2) is 4.39 Å². The van der Waals surface area contributed by atoms with Crippen molar-refractivity contribution in [3.63, 3.8) is 0 Å². The molecule has 0 rings (SSSR count). The molecule has 88 valence electrons. The van der Waals surface area contributed by atoms with Crippen molar-refractivity contribution >= 4 is 5.78 Å². The van der Waals surface area contributed by atoms with Crippen LogP contribution in [0.2, 0.25) is 0 Å². The molecule has 0 aromatic carbocycles. The lowest BCUT2D eigenvalue weighted by Crippen LogP contribution is -2.22. The van der Waals surface area contributed by atoms with Crippen LogP contribution in [0.5, 0.6) is 0 Å². The molecule has 0 saturated heterocycles. The molecule has 0 bridgehead atoms. The molecule has 3 heteroatoms. The zero-order chi connectivity index (χ0) is 12.2. The van der Waals surface area contributed by atoms with E-state index in [1.165, 1.54) is 6.92 Å². The van der Waals surface area contributed by atoms with E-state index < -0.39 is 17.5 Å². The number of aliphatic hydroxyl groups is 1. The number of carbonyl (C=O) groups excluding carboxylic acids is 1. The number of allylic oxidation sites excluding steroid dienone is 2. The smallest absolute Gasteiger partial charge is 0.164 e. The zero-order valence-electron chi connectivity index (χ0n) is 10.2. The van der Waals surface area contributed by atoms with Crippen molar-refractivity contribution in [1.29, 1.82) is 0 Å². The minimum Gasteiger partial charge on any atom is -0.512 e. The molecule has 15 heavy (non-hydrogen) atoms. The highest BCUT2D eigenvalue weighted by molar-refractivity contribution is 5.92. The lowest BCUT2D eigenvalue weighted by atomic mass is 9.90. The van der Waals surface area contributed by atoms with Crippen molar-refractivity contribution in [2.45, 2.75) is 47.2 Å². The van der Waals surface area contributed by atoms with E-state index in [1.54, 1.807) is 27.7 Å². The largest absolute Gasteiger partial charge is 0.512 e. The molecule has 0 aliphatic carbocycles. The number of halogens is 1. The normalized spacial score (nSPS) is 17.3. The second kappa shape index (κ2) is 5.29. The molecule has 2 atom stereocenters. The Balaban J connectivity index is 4.74. The van der Waals surface area contributed by atoms with Crippen LogP contribution in [0.15, 0.2) is 11.8 Å². The molecule has 0 aromatic rings. The highest BCUT2D eigenvalue weighted by atomic mass is 19.1. The predicted octanol–water partition coefficient (Wildman–Crippen LogP) is 3.43. The van der Waals surface area contributed by atoms with Gasteiger partial charge in [0.05, 0.1) is 5.92 Å². The van der Waals surface area contributed by atoms with Crippen LogP contribution in [-0.2, 0) is 4.79 Å². The van der Waals surface area contributed by atoms with Gasteiger partial charge in [0.25, 0.3) is 0 Å². The first-order chi connectivity index (χ1) is 6.70. The average Bonchev–Trinajstić information content (AvgIpc) is 2.02. The van der Waals surface area contributed by atoms with E-state index in [0.717, 1.165) is 6.08 Å². The summed E-state index contributed by atoms with van der Waals surface area (Å²) < 4.78 is 13.0. The zero-order valence-corrected chi connectivity index (χ0v) is 10.2. The average molecular weight is 216 g/mol. The molecule has 0 radical (unpaired) electrons.